The second-order valence-electron chi connectivity index (χ2n) is 9.76. The fraction of sp³-hybridized carbons (Fsp3) is 0.720. The quantitative estimate of drug-likeness (QED) is 0.698. The second kappa shape index (κ2) is 10.6. The topological polar surface area (TPSA) is 44.4 Å². The second-order valence-corrected chi connectivity index (χ2v) is 9.76. The number of benzene rings is 1. The number of amides is 1. The molecule has 0 spiro atoms. The number of carbonyl (C=O) groups excluding carboxylic acids is 1. The molecule has 3 aliphatic rings. The Morgan fingerprint density at radius 2 is 1.93 bits per heavy atom. The molecule has 1 amide bonds. The van der Waals surface area contributed by atoms with Crippen LogP contribution in [0.15, 0.2) is 30.3 Å². The van der Waals surface area contributed by atoms with E-state index >= 15 is 0 Å². The Bertz CT molecular complexity index is 628. The Morgan fingerprint density at radius 1 is 1.10 bits per heavy atom. The first-order valence-electron chi connectivity index (χ1n) is 12.0. The number of fused-ring (bicyclic) bond motifs is 2. The fourth-order valence-electron chi connectivity index (χ4n) is 5.80. The maximum Gasteiger partial charge on any atom is 0.220 e. The Balaban J connectivity index is 1.17. The molecule has 29 heavy (non-hydrogen) atoms. The molecule has 1 saturated carbocycles. The molecular weight excluding hydrogens is 358 g/mol. The van der Waals surface area contributed by atoms with Gasteiger partial charge in [-0.1, -0.05) is 49.6 Å². The minimum atomic E-state index is 0.263. The molecule has 2 saturated heterocycles. The third kappa shape index (κ3) is 6.29. The molecule has 2 aliphatic heterocycles. The van der Waals surface area contributed by atoms with Gasteiger partial charge >= 0.3 is 0 Å². The van der Waals surface area contributed by atoms with Crippen LogP contribution in [0.5, 0.6) is 0 Å². The maximum atomic E-state index is 12.3. The van der Waals surface area contributed by atoms with Crippen molar-refractivity contribution in [2.75, 3.05) is 26.2 Å². The molecule has 0 radical (unpaired) electrons. The third-order valence-corrected chi connectivity index (χ3v) is 7.36. The van der Waals surface area contributed by atoms with Crippen molar-refractivity contribution in [1.82, 2.24) is 15.5 Å². The SMILES string of the molecule is O=C(CCC[C@H]1NC[C@@H]2C[C@H]1CN(Cc1ccccc1)C2)NCC1CCCCC1. The fourth-order valence-corrected chi connectivity index (χ4v) is 5.80. The first-order valence-corrected chi connectivity index (χ1v) is 12.0. The molecule has 1 aromatic rings. The summed E-state index contributed by atoms with van der Waals surface area (Å²) in [4.78, 5) is 14.9. The summed E-state index contributed by atoms with van der Waals surface area (Å²) in [6.45, 7) is 5.52. The summed E-state index contributed by atoms with van der Waals surface area (Å²) >= 11 is 0. The molecule has 2 N–H and O–H groups in total. The van der Waals surface area contributed by atoms with Crippen molar-refractivity contribution < 1.29 is 4.79 Å². The predicted molar refractivity (Wildman–Crippen MR) is 119 cm³/mol. The average Bonchev–Trinajstić information content (AvgIpc) is 2.75. The minimum absolute atomic E-state index is 0.263. The number of hydrogen-bond acceptors (Lipinski definition) is 3. The van der Waals surface area contributed by atoms with Crippen molar-refractivity contribution in [1.29, 1.82) is 0 Å². The van der Waals surface area contributed by atoms with Crippen LogP contribution in [0.4, 0.5) is 0 Å². The molecule has 4 heteroatoms. The smallest absolute Gasteiger partial charge is 0.220 e. The van der Waals surface area contributed by atoms with Gasteiger partial charge in [0.1, 0.15) is 0 Å². The van der Waals surface area contributed by atoms with Gasteiger partial charge in [-0.3, -0.25) is 9.69 Å². The third-order valence-electron chi connectivity index (χ3n) is 7.36. The number of nitrogens with one attached hydrogen (secondary N) is 2. The lowest BCUT2D eigenvalue weighted by Gasteiger charge is -2.46. The Morgan fingerprint density at radius 3 is 2.76 bits per heavy atom. The standard InChI is InChI=1S/C25H39N3O/c29-25(27-15-20-8-3-1-4-9-20)13-7-12-24-23-14-22(16-26-24)18-28(19-23)17-21-10-5-2-6-11-21/h2,5-6,10-11,20,22-24,26H,1,3-4,7-9,12-19H2,(H,27,29)/t22-,23-,24+/m0/s1. The highest BCUT2D eigenvalue weighted by Gasteiger charge is 2.36. The summed E-state index contributed by atoms with van der Waals surface area (Å²) in [5, 5.41) is 7.00. The highest BCUT2D eigenvalue weighted by Crippen LogP contribution is 2.31. The largest absolute Gasteiger partial charge is 0.356 e. The van der Waals surface area contributed by atoms with E-state index in [0.29, 0.717) is 12.5 Å². The van der Waals surface area contributed by atoms with E-state index in [-0.39, 0.29) is 5.91 Å². The lowest BCUT2D eigenvalue weighted by Crippen LogP contribution is -2.55. The van der Waals surface area contributed by atoms with Crippen LogP contribution in [-0.2, 0) is 11.3 Å². The van der Waals surface area contributed by atoms with Crippen molar-refractivity contribution in [3.8, 4) is 0 Å². The molecule has 2 heterocycles. The van der Waals surface area contributed by atoms with E-state index in [1.165, 1.54) is 57.2 Å². The lowest BCUT2D eigenvalue weighted by molar-refractivity contribution is -0.121. The predicted octanol–water partition coefficient (Wildman–Crippen LogP) is 3.96. The van der Waals surface area contributed by atoms with Gasteiger partial charge in [-0.2, -0.15) is 0 Å². The maximum absolute atomic E-state index is 12.3. The van der Waals surface area contributed by atoms with Crippen LogP contribution < -0.4 is 10.6 Å². The molecule has 1 aromatic carbocycles. The number of hydrogen-bond donors (Lipinski definition) is 2. The Labute approximate surface area is 176 Å². The highest BCUT2D eigenvalue weighted by atomic mass is 16.1. The first kappa shape index (κ1) is 20.9. The molecule has 3 fully saturated rings. The molecule has 4 rings (SSSR count). The van der Waals surface area contributed by atoms with Gasteiger partial charge in [0.2, 0.25) is 5.91 Å². The highest BCUT2D eigenvalue weighted by molar-refractivity contribution is 5.75. The summed E-state index contributed by atoms with van der Waals surface area (Å²) in [5.74, 6) is 2.50. The molecule has 3 atom stereocenters. The lowest BCUT2D eigenvalue weighted by atomic mass is 9.79. The first-order chi connectivity index (χ1) is 14.3. The van der Waals surface area contributed by atoms with Crippen LogP contribution in [0.3, 0.4) is 0 Å². The number of carbonyl (C=O) groups is 1. The van der Waals surface area contributed by atoms with Gasteiger partial charge in [0.15, 0.2) is 0 Å². The van der Waals surface area contributed by atoms with E-state index in [1.807, 2.05) is 0 Å². The molecule has 0 aromatic heterocycles. The summed E-state index contributed by atoms with van der Waals surface area (Å²) in [5.41, 5.74) is 1.42. The zero-order chi connectivity index (χ0) is 19.9. The van der Waals surface area contributed by atoms with Crippen LogP contribution in [0, 0.1) is 17.8 Å². The van der Waals surface area contributed by atoms with E-state index in [2.05, 4.69) is 45.9 Å². The van der Waals surface area contributed by atoms with Crippen molar-refractivity contribution in [3.05, 3.63) is 35.9 Å². The van der Waals surface area contributed by atoms with Crippen molar-refractivity contribution in [2.24, 2.45) is 17.8 Å². The number of piperidine rings is 2. The molecular formula is C25H39N3O. The summed E-state index contributed by atoms with van der Waals surface area (Å²) in [6, 6.07) is 11.4. The van der Waals surface area contributed by atoms with Gasteiger partial charge < -0.3 is 10.6 Å². The number of likely N-dealkylation sites (tertiary alicyclic amines) is 1. The van der Waals surface area contributed by atoms with Crippen LogP contribution in [-0.4, -0.2) is 43.0 Å². The van der Waals surface area contributed by atoms with Gasteiger partial charge in [-0.15, -0.1) is 0 Å². The van der Waals surface area contributed by atoms with E-state index in [4.69, 9.17) is 0 Å². The zero-order valence-corrected chi connectivity index (χ0v) is 18.0. The monoisotopic (exact) mass is 397 g/mol. The van der Waals surface area contributed by atoms with E-state index < -0.39 is 0 Å². The normalized spacial score (nSPS) is 28.2. The summed E-state index contributed by atoms with van der Waals surface area (Å²) in [7, 11) is 0. The van der Waals surface area contributed by atoms with Gasteiger partial charge in [-0.25, -0.2) is 0 Å². The molecule has 2 bridgehead atoms. The van der Waals surface area contributed by atoms with Crippen LogP contribution >= 0.6 is 0 Å². The molecule has 0 unspecified atom stereocenters. The molecule has 1 aliphatic carbocycles. The van der Waals surface area contributed by atoms with Crippen molar-refractivity contribution in [3.63, 3.8) is 0 Å². The van der Waals surface area contributed by atoms with Crippen LogP contribution in [0.2, 0.25) is 0 Å². The Kier molecular flexibility index (Phi) is 7.61. The molecule has 160 valence electrons. The average molecular weight is 398 g/mol. The van der Waals surface area contributed by atoms with Crippen molar-refractivity contribution in [2.45, 2.75) is 70.4 Å². The van der Waals surface area contributed by atoms with E-state index in [1.54, 1.807) is 0 Å². The van der Waals surface area contributed by atoms with Gasteiger partial charge in [0.05, 0.1) is 0 Å². The molecule has 4 nitrogen and oxygen atoms in total. The summed E-state index contributed by atoms with van der Waals surface area (Å²) in [6.07, 6.45) is 10.9. The van der Waals surface area contributed by atoms with Crippen molar-refractivity contribution >= 4 is 5.91 Å². The van der Waals surface area contributed by atoms with Crippen LogP contribution in [0.25, 0.3) is 0 Å². The van der Waals surface area contributed by atoms with Gasteiger partial charge in [0.25, 0.3) is 0 Å². The minimum Gasteiger partial charge on any atom is -0.356 e. The number of rotatable bonds is 8. The Hall–Kier alpha value is -1.39. The zero-order valence-electron chi connectivity index (χ0n) is 18.0. The van der Waals surface area contributed by atoms with E-state index in [0.717, 1.165) is 50.2 Å². The van der Waals surface area contributed by atoms with Gasteiger partial charge in [-0.05, 0) is 62.0 Å². The number of nitrogens with zero attached hydrogens (tertiary/aromatic N) is 1. The summed E-state index contributed by atoms with van der Waals surface area (Å²) < 4.78 is 0. The van der Waals surface area contributed by atoms with E-state index in [9.17, 15) is 4.79 Å². The van der Waals surface area contributed by atoms with Crippen LogP contribution in [0.1, 0.15) is 63.4 Å². The van der Waals surface area contributed by atoms with Gasteiger partial charge in [0, 0.05) is 38.6 Å².